The number of hydrogen-bond donors (Lipinski definition) is 1. The highest BCUT2D eigenvalue weighted by molar-refractivity contribution is 7.99. The molecule has 3 rings (SSSR count). The lowest BCUT2D eigenvalue weighted by molar-refractivity contribution is -0.113. The van der Waals surface area contributed by atoms with Gasteiger partial charge in [-0.25, -0.2) is 4.79 Å². The maximum absolute atomic E-state index is 12.2. The van der Waals surface area contributed by atoms with Crippen LogP contribution in [0.4, 0.5) is 5.00 Å². The Labute approximate surface area is 158 Å². The van der Waals surface area contributed by atoms with Crippen LogP contribution in [0.25, 0.3) is 11.4 Å². The number of thioether (sulfide) groups is 1. The number of amides is 1. The smallest absolute Gasteiger partial charge is 0.340 e. The Balaban J connectivity index is 1.63. The van der Waals surface area contributed by atoms with Crippen LogP contribution in [0.2, 0.25) is 0 Å². The molecule has 26 heavy (non-hydrogen) atoms. The van der Waals surface area contributed by atoms with Crippen LogP contribution in [-0.4, -0.2) is 39.5 Å². The Kier molecular flexibility index (Phi) is 5.69. The molecule has 3 aromatic rings. The third-order valence-electron chi connectivity index (χ3n) is 3.52. The average molecular weight is 388 g/mol. The molecule has 134 valence electrons. The normalized spacial score (nSPS) is 10.5. The molecule has 0 unspecified atom stereocenters. The molecule has 0 fully saturated rings. The predicted molar refractivity (Wildman–Crippen MR) is 101 cm³/mol. The topological polar surface area (TPSA) is 86.1 Å². The van der Waals surface area contributed by atoms with Crippen LogP contribution in [-0.2, 0) is 16.6 Å². The van der Waals surface area contributed by atoms with E-state index in [0.717, 1.165) is 11.4 Å². The van der Waals surface area contributed by atoms with Crippen LogP contribution in [0.3, 0.4) is 0 Å². The van der Waals surface area contributed by atoms with Crippen LogP contribution < -0.4 is 5.32 Å². The lowest BCUT2D eigenvalue weighted by atomic mass is 10.2. The van der Waals surface area contributed by atoms with Gasteiger partial charge in [0.1, 0.15) is 5.00 Å². The molecular formula is C17H16N4O3S2. The summed E-state index contributed by atoms with van der Waals surface area (Å²) in [5, 5.41) is 13.9. The summed E-state index contributed by atoms with van der Waals surface area (Å²) in [6.45, 7) is 0. The number of carbonyl (C=O) groups excluding carboxylic acids is 2. The van der Waals surface area contributed by atoms with E-state index in [4.69, 9.17) is 4.74 Å². The summed E-state index contributed by atoms with van der Waals surface area (Å²) in [6.07, 6.45) is 0. The Morgan fingerprint density at radius 1 is 1.23 bits per heavy atom. The number of hydrogen-bond acceptors (Lipinski definition) is 7. The highest BCUT2D eigenvalue weighted by atomic mass is 32.2. The number of benzene rings is 1. The van der Waals surface area contributed by atoms with Crippen LogP contribution in [0, 0.1) is 0 Å². The molecule has 0 saturated carbocycles. The first-order chi connectivity index (χ1) is 12.6. The van der Waals surface area contributed by atoms with E-state index in [2.05, 4.69) is 15.5 Å². The van der Waals surface area contributed by atoms with E-state index in [1.807, 2.05) is 41.9 Å². The molecule has 0 atom stereocenters. The van der Waals surface area contributed by atoms with Crippen molar-refractivity contribution in [2.45, 2.75) is 5.16 Å². The van der Waals surface area contributed by atoms with E-state index in [0.29, 0.717) is 15.7 Å². The third-order valence-corrected chi connectivity index (χ3v) is 5.37. The Morgan fingerprint density at radius 3 is 2.73 bits per heavy atom. The maximum Gasteiger partial charge on any atom is 0.340 e. The van der Waals surface area contributed by atoms with Crippen LogP contribution in [0.5, 0.6) is 0 Å². The predicted octanol–water partition coefficient (Wildman–Crippen LogP) is 3.06. The van der Waals surface area contributed by atoms with Crippen molar-refractivity contribution in [3.8, 4) is 11.4 Å². The van der Waals surface area contributed by atoms with Crippen LogP contribution >= 0.6 is 23.1 Å². The first kappa shape index (κ1) is 18.2. The summed E-state index contributed by atoms with van der Waals surface area (Å²) in [7, 11) is 3.16. The van der Waals surface area contributed by atoms with Gasteiger partial charge < -0.3 is 14.6 Å². The SMILES string of the molecule is COC(=O)c1ccsc1NC(=O)CSc1nnc(-c2ccccc2)n1C. The Hall–Kier alpha value is -2.65. The van der Waals surface area contributed by atoms with E-state index >= 15 is 0 Å². The zero-order chi connectivity index (χ0) is 18.5. The van der Waals surface area contributed by atoms with Crippen LogP contribution in [0.1, 0.15) is 10.4 Å². The van der Waals surface area contributed by atoms with Gasteiger partial charge in [-0.15, -0.1) is 21.5 Å². The highest BCUT2D eigenvalue weighted by Gasteiger charge is 2.17. The molecule has 7 nitrogen and oxygen atoms in total. The molecule has 2 heterocycles. The summed E-state index contributed by atoms with van der Waals surface area (Å²) in [5.74, 6) is 0.181. The number of nitrogens with one attached hydrogen (secondary N) is 1. The van der Waals surface area contributed by atoms with E-state index in [1.165, 1.54) is 30.2 Å². The highest BCUT2D eigenvalue weighted by Crippen LogP contribution is 2.25. The van der Waals surface area contributed by atoms with Crippen molar-refractivity contribution < 1.29 is 14.3 Å². The largest absolute Gasteiger partial charge is 0.465 e. The van der Waals surface area contributed by atoms with E-state index in [1.54, 1.807) is 11.4 Å². The summed E-state index contributed by atoms with van der Waals surface area (Å²) >= 11 is 2.55. The zero-order valence-corrected chi connectivity index (χ0v) is 15.8. The zero-order valence-electron chi connectivity index (χ0n) is 14.1. The molecule has 2 aromatic heterocycles. The van der Waals surface area contributed by atoms with Crippen molar-refractivity contribution in [3.05, 3.63) is 47.3 Å². The quantitative estimate of drug-likeness (QED) is 0.516. The summed E-state index contributed by atoms with van der Waals surface area (Å²) in [4.78, 5) is 23.8. The van der Waals surface area contributed by atoms with Gasteiger partial charge >= 0.3 is 5.97 Å². The second kappa shape index (κ2) is 8.15. The van der Waals surface area contributed by atoms with Crippen molar-refractivity contribution in [1.82, 2.24) is 14.8 Å². The number of thiophene rings is 1. The van der Waals surface area contributed by atoms with Gasteiger partial charge in [-0.3, -0.25) is 4.79 Å². The van der Waals surface area contributed by atoms with E-state index in [9.17, 15) is 9.59 Å². The summed E-state index contributed by atoms with van der Waals surface area (Å²) in [6, 6.07) is 11.3. The van der Waals surface area contributed by atoms with Gasteiger partial charge in [0.05, 0.1) is 18.4 Å². The fraction of sp³-hybridized carbons (Fsp3) is 0.176. The van der Waals surface area contributed by atoms with Crippen molar-refractivity contribution in [1.29, 1.82) is 0 Å². The first-order valence-corrected chi connectivity index (χ1v) is 9.50. The fourth-order valence-corrected chi connectivity index (χ4v) is 3.75. The van der Waals surface area contributed by atoms with Crippen molar-refractivity contribution in [3.63, 3.8) is 0 Å². The number of aromatic nitrogens is 3. The van der Waals surface area contributed by atoms with E-state index in [-0.39, 0.29) is 11.7 Å². The minimum atomic E-state index is -0.477. The molecule has 0 bridgehead atoms. The molecule has 0 aliphatic rings. The summed E-state index contributed by atoms with van der Waals surface area (Å²) < 4.78 is 6.54. The molecule has 1 aromatic carbocycles. The standard InChI is InChI=1S/C17H16N4O3S2/c1-21-14(11-6-4-3-5-7-11)19-20-17(21)26-10-13(22)18-15-12(8-9-25-15)16(23)24-2/h3-9H,10H2,1-2H3,(H,18,22). The first-order valence-electron chi connectivity index (χ1n) is 7.63. The van der Waals surface area contributed by atoms with Crippen molar-refractivity contribution >= 4 is 40.0 Å². The molecule has 0 saturated heterocycles. The minimum absolute atomic E-state index is 0.152. The van der Waals surface area contributed by atoms with Gasteiger partial charge in [0.25, 0.3) is 0 Å². The fourth-order valence-electron chi connectivity index (χ4n) is 2.25. The monoisotopic (exact) mass is 388 g/mol. The molecular weight excluding hydrogens is 372 g/mol. The molecule has 9 heteroatoms. The van der Waals surface area contributed by atoms with Gasteiger partial charge in [-0.05, 0) is 11.4 Å². The Bertz CT molecular complexity index is 921. The number of rotatable bonds is 6. The number of nitrogens with zero attached hydrogens (tertiary/aromatic N) is 3. The average Bonchev–Trinajstić information content (AvgIpc) is 3.26. The molecule has 1 N–H and O–H groups in total. The second-order valence-electron chi connectivity index (χ2n) is 5.22. The lowest BCUT2D eigenvalue weighted by Crippen LogP contribution is -2.16. The Morgan fingerprint density at radius 2 is 2.00 bits per heavy atom. The number of carbonyl (C=O) groups is 2. The molecule has 1 amide bonds. The minimum Gasteiger partial charge on any atom is -0.465 e. The number of methoxy groups -OCH3 is 1. The van der Waals surface area contributed by atoms with Crippen molar-refractivity contribution in [2.75, 3.05) is 18.2 Å². The van der Waals surface area contributed by atoms with Gasteiger partial charge in [0.15, 0.2) is 11.0 Å². The van der Waals surface area contributed by atoms with Gasteiger partial charge in [-0.1, -0.05) is 42.1 Å². The number of anilines is 1. The molecule has 0 aliphatic carbocycles. The maximum atomic E-state index is 12.2. The lowest BCUT2D eigenvalue weighted by Gasteiger charge is -2.06. The molecule has 0 aliphatic heterocycles. The van der Waals surface area contributed by atoms with Crippen LogP contribution in [0.15, 0.2) is 46.9 Å². The van der Waals surface area contributed by atoms with E-state index < -0.39 is 5.97 Å². The van der Waals surface area contributed by atoms with Gasteiger partial charge in [-0.2, -0.15) is 0 Å². The number of ether oxygens (including phenoxy) is 1. The second-order valence-corrected chi connectivity index (χ2v) is 7.08. The van der Waals surface area contributed by atoms with Gasteiger partial charge in [0, 0.05) is 12.6 Å². The molecule has 0 radical (unpaired) electrons. The summed E-state index contributed by atoms with van der Waals surface area (Å²) in [5.41, 5.74) is 1.31. The molecule has 0 spiro atoms. The van der Waals surface area contributed by atoms with Crippen molar-refractivity contribution in [2.24, 2.45) is 7.05 Å². The number of esters is 1. The van der Waals surface area contributed by atoms with Gasteiger partial charge in [0.2, 0.25) is 5.91 Å². The third kappa shape index (κ3) is 3.94.